The first-order valence-corrected chi connectivity index (χ1v) is 12.1. The number of carbonyl (C=O) groups is 4. The van der Waals surface area contributed by atoms with Crippen LogP contribution in [0.15, 0.2) is 40.9 Å². The number of nitrogens with zero attached hydrogens (tertiary/aromatic N) is 2. The molecule has 2 amide bonds. The highest BCUT2D eigenvalue weighted by molar-refractivity contribution is 5.96. The number of carbonyl (C=O) groups excluding carboxylic acids is 3. The van der Waals surface area contributed by atoms with Gasteiger partial charge >= 0.3 is 11.9 Å². The lowest BCUT2D eigenvalue weighted by Crippen LogP contribution is -2.45. The Hall–Kier alpha value is -4.48. The molecule has 12 nitrogen and oxygen atoms in total. The second kappa shape index (κ2) is 12.2. The van der Waals surface area contributed by atoms with E-state index in [1.54, 1.807) is 65.0 Å². The minimum atomic E-state index is -1.14. The monoisotopic (exact) mass is 525 g/mol. The number of hydrogen-bond acceptors (Lipinski definition) is 8. The third-order valence-corrected chi connectivity index (χ3v) is 5.67. The summed E-state index contributed by atoms with van der Waals surface area (Å²) < 4.78 is 10.6. The minimum Gasteiger partial charge on any atom is -0.480 e. The quantitative estimate of drug-likeness (QED) is 0.274. The van der Waals surface area contributed by atoms with Crippen LogP contribution in [0, 0.1) is 11.8 Å². The number of esters is 1. The van der Waals surface area contributed by atoms with Crippen LogP contribution in [0.25, 0.3) is 22.7 Å². The number of oxazole rings is 1. The Labute approximate surface area is 219 Å². The Morgan fingerprint density at radius 2 is 1.66 bits per heavy atom. The van der Waals surface area contributed by atoms with Crippen LogP contribution in [0.5, 0.6) is 0 Å². The van der Waals surface area contributed by atoms with Crippen LogP contribution in [0.4, 0.5) is 0 Å². The highest BCUT2D eigenvalue weighted by atomic mass is 16.5. The maximum Gasteiger partial charge on any atom is 0.328 e. The first-order valence-electron chi connectivity index (χ1n) is 12.1. The standard InChI is InChI=1S/C26H31N5O7/c1-6-37-26(36)21(14(4)5)29-22(32)18-11-17(30-31-18)15-8-7-9-16(10-15)24-27-12-19(38-24)23(33)28-20(13(2)3)25(34)35/h7-14,20-21H,6H2,1-5H3,(H,28,33)(H,29,32)(H,30,31)(H,34,35)/t20?,21-/m0/s1. The highest BCUT2D eigenvalue weighted by Gasteiger charge is 2.27. The number of carboxylic acid groups (broad SMARTS) is 1. The van der Waals surface area contributed by atoms with Gasteiger partial charge in [0.2, 0.25) is 11.7 Å². The second-order valence-electron chi connectivity index (χ2n) is 9.26. The topological polar surface area (TPSA) is 177 Å². The molecule has 0 saturated carbocycles. The Morgan fingerprint density at radius 1 is 1.00 bits per heavy atom. The molecule has 0 fully saturated rings. The van der Waals surface area contributed by atoms with Crippen molar-refractivity contribution in [3.05, 3.63) is 48.0 Å². The van der Waals surface area contributed by atoms with Crippen molar-refractivity contribution in [2.24, 2.45) is 11.8 Å². The molecule has 1 unspecified atom stereocenters. The molecule has 2 atom stereocenters. The van der Waals surface area contributed by atoms with Crippen LogP contribution in [0.2, 0.25) is 0 Å². The Balaban J connectivity index is 1.76. The van der Waals surface area contributed by atoms with Gasteiger partial charge in [-0.15, -0.1) is 0 Å². The van der Waals surface area contributed by atoms with Gasteiger partial charge in [-0.1, -0.05) is 39.8 Å². The van der Waals surface area contributed by atoms with Crippen molar-refractivity contribution < 1.29 is 33.4 Å². The summed E-state index contributed by atoms with van der Waals surface area (Å²) in [6.45, 7) is 8.88. The zero-order chi connectivity index (χ0) is 28.0. The van der Waals surface area contributed by atoms with Crippen LogP contribution in [0.3, 0.4) is 0 Å². The number of carboxylic acids is 1. The molecule has 0 saturated heterocycles. The fraction of sp³-hybridized carbons (Fsp3) is 0.385. The molecule has 12 heteroatoms. The first kappa shape index (κ1) is 28.1. The Morgan fingerprint density at radius 3 is 2.29 bits per heavy atom. The lowest BCUT2D eigenvalue weighted by molar-refractivity contribution is -0.146. The van der Waals surface area contributed by atoms with Gasteiger partial charge in [0.15, 0.2) is 0 Å². The smallest absolute Gasteiger partial charge is 0.328 e. The van der Waals surface area contributed by atoms with Crippen molar-refractivity contribution >= 4 is 23.8 Å². The van der Waals surface area contributed by atoms with E-state index in [1.165, 1.54) is 6.20 Å². The van der Waals surface area contributed by atoms with E-state index >= 15 is 0 Å². The van der Waals surface area contributed by atoms with Crippen LogP contribution in [-0.4, -0.2) is 62.7 Å². The van der Waals surface area contributed by atoms with Crippen LogP contribution in [0.1, 0.15) is 55.7 Å². The predicted molar refractivity (Wildman–Crippen MR) is 136 cm³/mol. The van der Waals surface area contributed by atoms with Gasteiger partial charge in [0.05, 0.1) is 18.5 Å². The summed E-state index contributed by atoms with van der Waals surface area (Å²) in [5, 5.41) is 21.3. The molecule has 1 aromatic carbocycles. The molecule has 2 heterocycles. The first-order chi connectivity index (χ1) is 18.0. The molecule has 3 aromatic rings. The molecule has 0 radical (unpaired) electrons. The molecular formula is C26H31N5O7. The Kier molecular flexibility index (Phi) is 9.00. The number of rotatable bonds is 11. The van der Waals surface area contributed by atoms with E-state index in [0.29, 0.717) is 16.8 Å². The molecule has 0 aliphatic carbocycles. The summed E-state index contributed by atoms with van der Waals surface area (Å²) in [6, 6.07) is 6.61. The summed E-state index contributed by atoms with van der Waals surface area (Å²) >= 11 is 0. The fourth-order valence-electron chi connectivity index (χ4n) is 3.58. The summed E-state index contributed by atoms with van der Waals surface area (Å²) in [7, 11) is 0. The number of aliphatic carboxylic acids is 1. The molecular weight excluding hydrogens is 494 g/mol. The van der Waals surface area contributed by atoms with Gasteiger partial charge in [0.25, 0.3) is 11.8 Å². The summed E-state index contributed by atoms with van der Waals surface area (Å²) in [6.07, 6.45) is 1.22. The summed E-state index contributed by atoms with van der Waals surface area (Å²) in [5.41, 5.74) is 1.79. The number of H-pyrrole nitrogens is 1. The third-order valence-electron chi connectivity index (χ3n) is 5.67. The van der Waals surface area contributed by atoms with Crippen molar-refractivity contribution in [3.63, 3.8) is 0 Å². The summed E-state index contributed by atoms with van der Waals surface area (Å²) in [4.78, 5) is 52.9. The van der Waals surface area contributed by atoms with E-state index in [2.05, 4.69) is 25.8 Å². The molecule has 0 spiro atoms. The van der Waals surface area contributed by atoms with Crippen molar-refractivity contribution in [3.8, 4) is 22.7 Å². The average Bonchev–Trinajstić information content (AvgIpc) is 3.56. The normalized spacial score (nSPS) is 12.7. The van der Waals surface area contributed by atoms with Crippen molar-refractivity contribution in [1.82, 2.24) is 25.8 Å². The van der Waals surface area contributed by atoms with E-state index in [9.17, 15) is 24.3 Å². The van der Waals surface area contributed by atoms with Gasteiger partial charge in [-0.2, -0.15) is 5.10 Å². The summed E-state index contributed by atoms with van der Waals surface area (Å²) in [5.74, 6) is -3.32. The molecule has 38 heavy (non-hydrogen) atoms. The molecule has 0 bridgehead atoms. The SMILES string of the molecule is CCOC(=O)[C@@H](NC(=O)c1cc(-c2cccc(-c3ncc(C(=O)NC(C(=O)O)C(C)C)o3)c2)n[nH]1)C(C)C. The third kappa shape index (κ3) is 6.64. The molecule has 2 aromatic heterocycles. The molecule has 4 N–H and O–H groups in total. The van der Waals surface area contributed by atoms with E-state index in [-0.39, 0.29) is 35.8 Å². The van der Waals surface area contributed by atoms with Crippen LogP contribution < -0.4 is 10.6 Å². The maximum absolute atomic E-state index is 12.7. The largest absolute Gasteiger partial charge is 0.480 e. The van der Waals surface area contributed by atoms with Gasteiger partial charge in [-0.25, -0.2) is 14.6 Å². The van der Waals surface area contributed by atoms with Crippen LogP contribution >= 0.6 is 0 Å². The lowest BCUT2D eigenvalue weighted by Gasteiger charge is -2.19. The van der Waals surface area contributed by atoms with Crippen molar-refractivity contribution in [1.29, 1.82) is 0 Å². The van der Waals surface area contributed by atoms with E-state index < -0.39 is 35.8 Å². The van der Waals surface area contributed by atoms with E-state index in [4.69, 9.17) is 9.15 Å². The van der Waals surface area contributed by atoms with Gasteiger partial charge in [0, 0.05) is 11.1 Å². The number of nitrogens with one attached hydrogen (secondary N) is 3. The Bertz CT molecular complexity index is 1310. The number of ether oxygens (including phenoxy) is 1. The van der Waals surface area contributed by atoms with Crippen molar-refractivity contribution in [2.45, 2.75) is 46.7 Å². The highest BCUT2D eigenvalue weighted by Crippen LogP contribution is 2.26. The molecule has 0 aliphatic rings. The number of hydrogen-bond donors (Lipinski definition) is 4. The van der Waals surface area contributed by atoms with Gasteiger partial charge < -0.3 is 24.9 Å². The number of aromatic amines is 1. The number of benzene rings is 1. The van der Waals surface area contributed by atoms with Gasteiger partial charge in [-0.05, 0) is 37.0 Å². The zero-order valence-corrected chi connectivity index (χ0v) is 21.8. The van der Waals surface area contributed by atoms with Crippen molar-refractivity contribution in [2.75, 3.05) is 6.61 Å². The molecule has 3 rings (SSSR count). The van der Waals surface area contributed by atoms with E-state index in [1.807, 2.05) is 0 Å². The van der Waals surface area contributed by atoms with Gasteiger partial charge in [0.1, 0.15) is 17.8 Å². The van der Waals surface area contributed by atoms with E-state index in [0.717, 1.165) is 0 Å². The van der Waals surface area contributed by atoms with Gasteiger partial charge in [-0.3, -0.25) is 14.7 Å². The second-order valence-corrected chi connectivity index (χ2v) is 9.26. The predicted octanol–water partition coefficient (Wildman–Crippen LogP) is 2.89. The average molecular weight is 526 g/mol. The fourth-order valence-corrected chi connectivity index (χ4v) is 3.58. The molecule has 202 valence electrons. The lowest BCUT2D eigenvalue weighted by atomic mass is 10.0. The number of amides is 2. The molecule has 0 aliphatic heterocycles. The maximum atomic E-state index is 12.7. The zero-order valence-electron chi connectivity index (χ0n) is 21.8. The minimum absolute atomic E-state index is 0.127. The van der Waals surface area contributed by atoms with Crippen LogP contribution in [-0.2, 0) is 14.3 Å². The number of aromatic nitrogens is 3.